The number of nitrogens with two attached hydrogens (primary N) is 1. The fourth-order valence-electron chi connectivity index (χ4n) is 3.47. The van der Waals surface area contributed by atoms with E-state index in [1.807, 2.05) is 13.8 Å². The van der Waals surface area contributed by atoms with E-state index in [1.165, 1.54) is 38.5 Å². The summed E-state index contributed by atoms with van der Waals surface area (Å²) in [5, 5.41) is 3.86. The van der Waals surface area contributed by atoms with Crippen LogP contribution in [0, 0.1) is 5.92 Å². The van der Waals surface area contributed by atoms with Crippen molar-refractivity contribution in [1.82, 2.24) is 10.1 Å². The Bertz CT molecular complexity index is 495. The van der Waals surface area contributed by atoms with Crippen molar-refractivity contribution in [2.24, 2.45) is 11.7 Å². The number of nitrogens with zero attached hydrogens (tertiary/aromatic N) is 2. The van der Waals surface area contributed by atoms with Gasteiger partial charge in [0.25, 0.3) is 0 Å². The molecule has 0 radical (unpaired) electrons. The Morgan fingerprint density at radius 1 is 1.33 bits per heavy atom. The van der Waals surface area contributed by atoms with Crippen LogP contribution in [0.3, 0.4) is 0 Å². The number of carbonyl (C=O) groups is 1. The molecule has 6 nitrogen and oxygen atoms in total. The van der Waals surface area contributed by atoms with E-state index in [4.69, 9.17) is 15.0 Å². The summed E-state index contributed by atoms with van der Waals surface area (Å²) in [5.41, 5.74) is 5.55. The molecular weight excluding hydrogens is 306 g/mol. The summed E-state index contributed by atoms with van der Waals surface area (Å²) in [7, 11) is 0. The number of hydrogen-bond acceptors (Lipinski definition) is 6. The third kappa shape index (κ3) is 6.23. The highest BCUT2D eigenvalue weighted by atomic mass is 16.5. The third-order valence-electron chi connectivity index (χ3n) is 4.69. The van der Waals surface area contributed by atoms with Gasteiger partial charge in [0, 0.05) is 5.92 Å². The highest BCUT2D eigenvalue weighted by molar-refractivity contribution is 5.70. The van der Waals surface area contributed by atoms with Crippen LogP contribution in [0.2, 0.25) is 0 Å². The van der Waals surface area contributed by atoms with Crippen molar-refractivity contribution >= 4 is 5.97 Å². The van der Waals surface area contributed by atoms with E-state index in [-0.39, 0.29) is 31.0 Å². The number of carbonyl (C=O) groups excluding carboxylic acids is 1. The average molecular weight is 337 g/mol. The van der Waals surface area contributed by atoms with Gasteiger partial charge >= 0.3 is 5.97 Å². The lowest BCUT2D eigenvalue weighted by Gasteiger charge is -2.22. The monoisotopic (exact) mass is 337 g/mol. The minimum Gasteiger partial charge on any atom is -0.463 e. The Morgan fingerprint density at radius 2 is 2.08 bits per heavy atom. The van der Waals surface area contributed by atoms with E-state index in [0.29, 0.717) is 11.7 Å². The molecule has 1 aliphatic carbocycles. The maximum atomic E-state index is 12.0. The second-order valence-electron chi connectivity index (χ2n) is 7.13. The second-order valence-corrected chi connectivity index (χ2v) is 7.13. The Kier molecular flexibility index (Phi) is 7.69. The molecule has 24 heavy (non-hydrogen) atoms. The summed E-state index contributed by atoms with van der Waals surface area (Å²) in [6.07, 6.45) is 10.1. The molecule has 0 bridgehead atoms. The van der Waals surface area contributed by atoms with Crippen molar-refractivity contribution in [2.45, 2.75) is 90.2 Å². The van der Waals surface area contributed by atoms with Crippen LogP contribution in [-0.4, -0.2) is 22.2 Å². The van der Waals surface area contributed by atoms with Crippen LogP contribution >= 0.6 is 0 Å². The van der Waals surface area contributed by atoms with E-state index in [1.54, 1.807) is 0 Å². The van der Waals surface area contributed by atoms with Gasteiger partial charge in [-0.1, -0.05) is 50.1 Å². The average Bonchev–Trinajstić information content (AvgIpc) is 3.03. The van der Waals surface area contributed by atoms with Crippen LogP contribution < -0.4 is 5.73 Å². The number of hydrogen-bond donors (Lipinski definition) is 1. The predicted octanol–water partition coefficient (Wildman–Crippen LogP) is 3.70. The summed E-state index contributed by atoms with van der Waals surface area (Å²) < 4.78 is 10.6. The van der Waals surface area contributed by atoms with Gasteiger partial charge in [0.15, 0.2) is 5.82 Å². The second kappa shape index (κ2) is 9.77. The summed E-state index contributed by atoms with van der Waals surface area (Å²) in [5.74, 6) is 1.55. The highest BCUT2D eigenvalue weighted by Crippen LogP contribution is 2.31. The van der Waals surface area contributed by atoms with Gasteiger partial charge in [0.1, 0.15) is 0 Å². The maximum Gasteiger partial charge on any atom is 0.306 e. The number of esters is 1. The molecule has 1 aromatic rings. The van der Waals surface area contributed by atoms with Crippen LogP contribution in [0.5, 0.6) is 0 Å². The smallest absolute Gasteiger partial charge is 0.306 e. The minimum absolute atomic E-state index is 0.0763. The van der Waals surface area contributed by atoms with Crippen molar-refractivity contribution in [3.63, 3.8) is 0 Å². The van der Waals surface area contributed by atoms with Crippen molar-refractivity contribution in [3.8, 4) is 0 Å². The van der Waals surface area contributed by atoms with Crippen LogP contribution in [0.15, 0.2) is 4.52 Å². The van der Waals surface area contributed by atoms with E-state index >= 15 is 0 Å². The molecule has 0 aliphatic heterocycles. The van der Waals surface area contributed by atoms with Crippen LogP contribution in [0.1, 0.15) is 89.3 Å². The number of ether oxygens (including phenoxy) is 1. The molecule has 0 saturated heterocycles. The lowest BCUT2D eigenvalue weighted by atomic mass is 9.84. The van der Waals surface area contributed by atoms with Crippen LogP contribution in [0.25, 0.3) is 0 Å². The van der Waals surface area contributed by atoms with Gasteiger partial charge in [-0.15, -0.1) is 0 Å². The molecule has 1 aromatic heterocycles. The molecule has 136 valence electrons. The quantitative estimate of drug-likeness (QED) is 0.691. The summed E-state index contributed by atoms with van der Waals surface area (Å²) in [6, 6.07) is 0. The molecule has 2 rings (SSSR count). The molecule has 1 unspecified atom stereocenters. The Morgan fingerprint density at radius 3 is 2.71 bits per heavy atom. The normalized spacial score (nSPS) is 17.2. The molecule has 1 heterocycles. The van der Waals surface area contributed by atoms with E-state index in [0.717, 1.165) is 18.8 Å². The Balaban J connectivity index is 1.89. The zero-order chi connectivity index (χ0) is 17.4. The van der Waals surface area contributed by atoms with Gasteiger partial charge in [-0.05, 0) is 26.2 Å². The zero-order valence-electron chi connectivity index (χ0n) is 15.0. The van der Waals surface area contributed by atoms with Crippen molar-refractivity contribution in [3.05, 3.63) is 11.7 Å². The van der Waals surface area contributed by atoms with E-state index < -0.39 is 0 Å². The van der Waals surface area contributed by atoms with Crippen LogP contribution in [0.4, 0.5) is 0 Å². The molecule has 2 N–H and O–H groups in total. The number of aromatic nitrogens is 2. The lowest BCUT2D eigenvalue weighted by Crippen LogP contribution is -2.16. The van der Waals surface area contributed by atoms with Gasteiger partial charge in [-0.25, -0.2) is 0 Å². The fourth-order valence-corrected chi connectivity index (χ4v) is 3.47. The largest absolute Gasteiger partial charge is 0.463 e. The molecule has 1 fully saturated rings. The third-order valence-corrected chi connectivity index (χ3v) is 4.69. The molecule has 0 spiro atoms. The highest BCUT2D eigenvalue weighted by Gasteiger charge is 2.24. The molecule has 6 heteroatoms. The zero-order valence-corrected chi connectivity index (χ0v) is 15.0. The topological polar surface area (TPSA) is 91.2 Å². The molecule has 0 aromatic carbocycles. The summed E-state index contributed by atoms with van der Waals surface area (Å²) in [4.78, 5) is 16.4. The predicted molar refractivity (Wildman–Crippen MR) is 91.2 cm³/mol. The summed E-state index contributed by atoms with van der Waals surface area (Å²) in [6.45, 7) is 3.96. The fraction of sp³-hybridized carbons (Fsp3) is 0.833. The first-order chi connectivity index (χ1) is 11.6. The SMILES string of the molecule is CC(C)OC(=O)CC(CCCC1CCCCC1)c1nc(CN)no1. The van der Waals surface area contributed by atoms with Gasteiger partial charge in [0.05, 0.1) is 19.1 Å². The van der Waals surface area contributed by atoms with Crippen molar-refractivity contribution < 1.29 is 14.1 Å². The lowest BCUT2D eigenvalue weighted by molar-refractivity contribution is -0.148. The van der Waals surface area contributed by atoms with Gasteiger partial charge < -0.3 is 15.0 Å². The minimum atomic E-state index is -0.208. The molecule has 1 aliphatic rings. The Hall–Kier alpha value is -1.43. The Labute approximate surface area is 144 Å². The molecule has 1 atom stereocenters. The number of rotatable bonds is 9. The molecular formula is C18H31N3O3. The first-order valence-electron chi connectivity index (χ1n) is 9.30. The van der Waals surface area contributed by atoms with Crippen molar-refractivity contribution in [1.29, 1.82) is 0 Å². The van der Waals surface area contributed by atoms with Gasteiger partial charge in [-0.3, -0.25) is 4.79 Å². The standard InChI is InChI=1S/C18H31N3O3/c1-13(2)23-17(22)11-15(18-20-16(12-19)21-24-18)10-6-9-14-7-4-3-5-8-14/h13-15H,3-12,19H2,1-2H3. The van der Waals surface area contributed by atoms with Crippen molar-refractivity contribution in [2.75, 3.05) is 0 Å². The van der Waals surface area contributed by atoms with E-state index in [2.05, 4.69) is 10.1 Å². The first kappa shape index (κ1) is 18.9. The summed E-state index contributed by atoms with van der Waals surface area (Å²) >= 11 is 0. The molecule has 1 saturated carbocycles. The van der Waals surface area contributed by atoms with E-state index in [9.17, 15) is 4.79 Å². The maximum absolute atomic E-state index is 12.0. The first-order valence-corrected chi connectivity index (χ1v) is 9.30. The molecule has 0 amide bonds. The van der Waals surface area contributed by atoms with Gasteiger partial charge in [-0.2, -0.15) is 4.98 Å². The van der Waals surface area contributed by atoms with Crippen LogP contribution in [-0.2, 0) is 16.1 Å². The van der Waals surface area contributed by atoms with Gasteiger partial charge in [0.2, 0.25) is 5.89 Å².